The molecule has 0 bridgehead atoms. The van der Waals surface area contributed by atoms with Gasteiger partial charge in [-0.2, -0.15) is 8.78 Å². The lowest BCUT2D eigenvalue weighted by Crippen LogP contribution is -2.33. The molecule has 0 aromatic heterocycles. The summed E-state index contributed by atoms with van der Waals surface area (Å²) in [5, 5.41) is 2.61. The minimum absolute atomic E-state index is 0.0709. The largest absolute Gasteiger partial charge is 0.479 e. The second-order valence-corrected chi connectivity index (χ2v) is 5.80. The van der Waals surface area contributed by atoms with Gasteiger partial charge < -0.3 is 19.5 Å². The minimum atomic E-state index is -2.87. The van der Waals surface area contributed by atoms with Crippen LogP contribution in [0.4, 0.5) is 8.78 Å². The number of carbonyl (C=O) groups is 2. The van der Waals surface area contributed by atoms with Crippen LogP contribution in [0.15, 0.2) is 54.6 Å². The molecule has 0 saturated carbocycles. The quantitative estimate of drug-likeness (QED) is 0.629. The maximum absolute atomic E-state index is 12.1. The molecule has 1 atom stereocenters. The van der Waals surface area contributed by atoms with Crippen molar-refractivity contribution in [2.24, 2.45) is 0 Å². The molecule has 28 heavy (non-hydrogen) atoms. The zero-order chi connectivity index (χ0) is 20.4. The first-order valence-electron chi connectivity index (χ1n) is 8.63. The van der Waals surface area contributed by atoms with Crippen LogP contribution in [0, 0.1) is 0 Å². The molecule has 0 saturated heterocycles. The first-order chi connectivity index (χ1) is 13.4. The van der Waals surface area contributed by atoms with E-state index in [0.717, 1.165) is 5.56 Å². The average molecular weight is 393 g/mol. The summed E-state index contributed by atoms with van der Waals surface area (Å²) in [6.45, 7) is -1.44. The van der Waals surface area contributed by atoms with Crippen molar-refractivity contribution in [3.8, 4) is 11.5 Å². The normalized spacial score (nSPS) is 11.6. The number of rotatable bonds is 10. The highest BCUT2D eigenvalue weighted by Crippen LogP contribution is 2.15. The third-order valence-electron chi connectivity index (χ3n) is 3.62. The van der Waals surface area contributed by atoms with Gasteiger partial charge in [-0.3, -0.25) is 4.79 Å². The van der Waals surface area contributed by atoms with E-state index in [4.69, 9.17) is 9.47 Å². The van der Waals surface area contributed by atoms with Gasteiger partial charge in [-0.25, -0.2) is 4.79 Å². The Labute approximate surface area is 161 Å². The van der Waals surface area contributed by atoms with E-state index < -0.39 is 31.2 Å². The number of carbonyl (C=O) groups excluding carboxylic acids is 2. The van der Waals surface area contributed by atoms with E-state index in [9.17, 15) is 18.4 Å². The molecule has 0 unspecified atom stereocenters. The third kappa shape index (κ3) is 7.61. The highest BCUT2D eigenvalue weighted by Gasteiger charge is 2.17. The Morgan fingerprint density at radius 2 is 1.61 bits per heavy atom. The van der Waals surface area contributed by atoms with Crippen molar-refractivity contribution in [2.75, 3.05) is 13.2 Å². The summed E-state index contributed by atoms with van der Waals surface area (Å²) in [5.41, 5.74) is 0.837. The van der Waals surface area contributed by atoms with Crippen molar-refractivity contribution in [1.82, 2.24) is 5.32 Å². The third-order valence-corrected chi connectivity index (χ3v) is 3.62. The fourth-order valence-electron chi connectivity index (χ4n) is 2.24. The standard InChI is InChI=1S/C20H21F2NO5/c1-14(27-16-5-3-2-4-6-16)19(25)26-13-18(24)23-12-11-15-7-9-17(10-8-15)28-20(21)22/h2-10,14,20H,11-13H2,1H3,(H,23,24)/t14-/m1/s1. The van der Waals surface area contributed by atoms with Crippen LogP contribution in [0.1, 0.15) is 12.5 Å². The molecule has 1 amide bonds. The van der Waals surface area contributed by atoms with Gasteiger partial charge in [0.25, 0.3) is 5.91 Å². The van der Waals surface area contributed by atoms with Gasteiger partial charge in [-0.05, 0) is 43.2 Å². The molecule has 0 radical (unpaired) electrons. The van der Waals surface area contributed by atoms with Gasteiger partial charge in [0.1, 0.15) is 11.5 Å². The molecule has 0 aliphatic carbocycles. The van der Waals surface area contributed by atoms with Crippen molar-refractivity contribution in [3.63, 3.8) is 0 Å². The van der Waals surface area contributed by atoms with E-state index >= 15 is 0 Å². The molecule has 1 N–H and O–H groups in total. The first-order valence-corrected chi connectivity index (χ1v) is 8.63. The van der Waals surface area contributed by atoms with Crippen LogP contribution in [-0.4, -0.2) is 37.7 Å². The highest BCUT2D eigenvalue weighted by molar-refractivity contribution is 5.81. The lowest BCUT2D eigenvalue weighted by atomic mass is 10.1. The van der Waals surface area contributed by atoms with E-state index in [-0.39, 0.29) is 5.75 Å². The molecular weight excluding hydrogens is 372 g/mol. The van der Waals surface area contributed by atoms with Crippen molar-refractivity contribution >= 4 is 11.9 Å². The summed E-state index contributed by atoms with van der Waals surface area (Å²) in [7, 11) is 0. The molecule has 0 fully saturated rings. The Hall–Kier alpha value is -3.16. The smallest absolute Gasteiger partial charge is 0.387 e. The minimum Gasteiger partial charge on any atom is -0.479 e. The molecular formula is C20H21F2NO5. The Balaban J connectivity index is 1.64. The van der Waals surface area contributed by atoms with Crippen molar-refractivity contribution < 1.29 is 32.6 Å². The Bertz CT molecular complexity index is 753. The van der Waals surface area contributed by atoms with Crippen LogP contribution in [0.2, 0.25) is 0 Å². The van der Waals surface area contributed by atoms with E-state index in [2.05, 4.69) is 10.1 Å². The number of esters is 1. The van der Waals surface area contributed by atoms with Gasteiger partial charge >= 0.3 is 12.6 Å². The Kier molecular flexibility index (Phi) is 8.20. The first kappa shape index (κ1) is 21.1. The molecule has 2 rings (SSSR count). The van der Waals surface area contributed by atoms with Crippen LogP contribution in [-0.2, 0) is 20.7 Å². The van der Waals surface area contributed by atoms with Gasteiger partial charge in [0, 0.05) is 6.54 Å². The van der Waals surface area contributed by atoms with Crippen LogP contribution in [0.3, 0.4) is 0 Å². The number of nitrogens with one attached hydrogen (secondary N) is 1. The van der Waals surface area contributed by atoms with Gasteiger partial charge in [-0.1, -0.05) is 30.3 Å². The predicted molar refractivity (Wildman–Crippen MR) is 97.3 cm³/mol. The molecule has 0 heterocycles. The lowest BCUT2D eigenvalue weighted by molar-refractivity contribution is -0.154. The van der Waals surface area contributed by atoms with Crippen LogP contribution in [0.25, 0.3) is 0 Å². The number of amides is 1. The van der Waals surface area contributed by atoms with Gasteiger partial charge in [0.2, 0.25) is 0 Å². The maximum atomic E-state index is 12.1. The molecule has 0 spiro atoms. The molecule has 0 aliphatic rings. The van der Waals surface area contributed by atoms with Crippen molar-refractivity contribution in [3.05, 3.63) is 60.2 Å². The monoisotopic (exact) mass is 393 g/mol. The summed E-state index contributed by atoms with van der Waals surface area (Å²) >= 11 is 0. The molecule has 2 aromatic rings. The Morgan fingerprint density at radius 3 is 2.25 bits per heavy atom. The molecule has 150 valence electrons. The maximum Gasteiger partial charge on any atom is 0.387 e. The summed E-state index contributed by atoms with van der Waals surface area (Å²) in [5.74, 6) is -0.491. The van der Waals surface area contributed by atoms with Gasteiger partial charge in [-0.15, -0.1) is 0 Å². The lowest BCUT2D eigenvalue weighted by Gasteiger charge is -2.13. The summed E-state index contributed by atoms with van der Waals surface area (Å²) in [4.78, 5) is 23.6. The van der Waals surface area contributed by atoms with E-state index in [1.807, 2.05) is 6.07 Å². The summed E-state index contributed by atoms with van der Waals surface area (Å²) in [6, 6.07) is 14.9. The SMILES string of the molecule is C[C@@H](Oc1ccccc1)C(=O)OCC(=O)NCCc1ccc(OC(F)F)cc1. The predicted octanol–water partition coefficient (Wildman–Crippen LogP) is 2.96. The average Bonchev–Trinajstić information content (AvgIpc) is 2.68. The number of hydrogen-bond donors (Lipinski definition) is 1. The topological polar surface area (TPSA) is 73.9 Å². The summed E-state index contributed by atoms with van der Waals surface area (Å²) in [6.07, 6.45) is -0.355. The molecule has 6 nitrogen and oxygen atoms in total. The molecule has 8 heteroatoms. The van der Waals surface area contributed by atoms with Crippen LogP contribution < -0.4 is 14.8 Å². The fourth-order valence-corrected chi connectivity index (χ4v) is 2.24. The van der Waals surface area contributed by atoms with Gasteiger partial charge in [0.05, 0.1) is 0 Å². The molecule has 2 aromatic carbocycles. The zero-order valence-electron chi connectivity index (χ0n) is 15.3. The number of benzene rings is 2. The second kappa shape index (κ2) is 10.9. The van der Waals surface area contributed by atoms with Gasteiger partial charge in [0.15, 0.2) is 12.7 Å². The highest BCUT2D eigenvalue weighted by atomic mass is 19.3. The van der Waals surface area contributed by atoms with Crippen LogP contribution in [0.5, 0.6) is 11.5 Å². The number of para-hydroxylation sites is 1. The number of hydrogen-bond acceptors (Lipinski definition) is 5. The second-order valence-electron chi connectivity index (χ2n) is 5.80. The number of alkyl halides is 2. The fraction of sp³-hybridized carbons (Fsp3) is 0.300. The summed E-state index contributed by atoms with van der Waals surface area (Å²) < 4.78 is 38.8. The zero-order valence-corrected chi connectivity index (χ0v) is 15.3. The molecule has 0 aliphatic heterocycles. The van der Waals surface area contributed by atoms with E-state index in [1.54, 1.807) is 36.4 Å². The number of halogens is 2. The van der Waals surface area contributed by atoms with E-state index in [0.29, 0.717) is 18.7 Å². The van der Waals surface area contributed by atoms with Crippen molar-refractivity contribution in [2.45, 2.75) is 26.1 Å². The number of ether oxygens (including phenoxy) is 3. The van der Waals surface area contributed by atoms with Crippen molar-refractivity contribution in [1.29, 1.82) is 0 Å². The van der Waals surface area contributed by atoms with Crippen LogP contribution >= 0.6 is 0 Å². The Morgan fingerprint density at radius 1 is 0.964 bits per heavy atom. The van der Waals surface area contributed by atoms with E-state index in [1.165, 1.54) is 19.1 Å².